The zero-order valence-electron chi connectivity index (χ0n) is 8.58. The van der Waals surface area contributed by atoms with E-state index in [1.807, 2.05) is 0 Å². The minimum absolute atomic E-state index is 0.0383. The maximum absolute atomic E-state index is 9.85. The lowest BCUT2D eigenvalue weighted by Gasteiger charge is -2.45. The number of piperidine rings is 1. The van der Waals surface area contributed by atoms with E-state index in [1.54, 1.807) is 4.90 Å². The van der Waals surface area contributed by atoms with Crippen molar-refractivity contribution in [2.24, 2.45) is 0 Å². The van der Waals surface area contributed by atoms with Gasteiger partial charge in [-0.15, -0.1) is 0 Å². The SMILES string of the molecule is OCCN1C[C@@](O)(CO)CC(O)C1CO. The van der Waals surface area contributed by atoms with Crippen molar-refractivity contribution >= 4 is 0 Å². The van der Waals surface area contributed by atoms with Crippen LogP contribution in [0, 0.1) is 0 Å². The Bertz CT molecular complexity index is 203. The van der Waals surface area contributed by atoms with Gasteiger partial charge in [0.05, 0.1) is 32.0 Å². The second-order valence-corrected chi connectivity index (χ2v) is 4.10. The molecule has 15 heavy (non-hydrogen) atoms. The number of rotatable bonds is 4. The Morgan fingerprint density at radius 1 is 1.27 bits per heavy atom. The third-order valence-corrected chi connectivity index (χ3v) is 2.87. The van der Waals surface area contributed by atoms with E-state index in [9.17, 15) is 10.2 Å². The summed E-state index contributed by atoms with van der Waals surface area (Å²) in [5.41, 5.74) is -1.35. The molecule has 1 fully saturated rings. The summed E-state index contributed by atoms with van der Waals surface area (Å²) in [6, 6.07) is -0.482. The predicted octanol–water partition coefficient (Wildman–Crippen LogP) is -2.87. The molecule has 0 spiro atoms. The van der Waals surface area contributed by atoms with E-state index in [2.05, 4.69) is 0 Å². The lowest BCUT2D eigenvalue weighted by Crippen LogP contribution is -2.62. The van der Waals surface area contributed by atoms with E-state index < -0.39 is 24.4 Å². The molecule has 2 unspecified atom stereocenters. The van der Waals surface area contributed by atoms with Gasteiger partial charge in [0.15, 0.2) is 0 Å². The zero-order chi connectivity index (χ0) is 11.5. The molecule has 1 aliphatic heterocycles. The fourth-order valence-corrected chi connectivity index (χ4v) is 2.05. The van der Waals surface area contributed by atoms with Gasteiger partial charge in [-0.2, -0.15) is 0 Å². The van der Waals surface area contributed by atoms with Gasteiger partial charge < -0.3 is 25.5 Å². The van der Waals surface area contributed by atoms with E-state index in [4.69, 9.17) is 15.3 Å². The molecule has 0 saturated carbocycles. The maximum Gasteiger partial charge on any atom is 0.103 e. The Hall–Kier alpha value is -0.240. The molecule has 1 rings (SSSR count). The Balaban J connectivity index is 2.71. The van der Waals surface area contributed by atoms with Crippen LogP contribution in [0.5, 0.6) is 0 Å². The van der Waals surface area contributed by atoms with E-state index in [0.29, 0.717) is 0 Å². The third-order valence-electron chi connectivity index (χ3n) is 2.87. The maximum atomic E-state index is 9.85. The molecule has 90 valence electrons. The predicted molar refractivity (Wildman–Crippen MR) is 52.2 cm³/mol. The van der Waals surface area contributed by atoms with Crippen LogP contribution in [0.1, 0.15) is 6.42 Å². The monoisotopic (exact) mass is 221 g/mol. The minimum Gasteiger partial charge on any atom is -0.395 e. The first-order chi connectivity index (χ1) is 7.06. The molecule has 1 saturated heterocycles. The summed E-state index contributed by atoms with van der Waals surface area (Å²) in [6.45, 7) is -0.394. The summed E-state index contributed by atoms with van der Waals surface area (Å²) in [6.07, 6.45) is -0.858. The summed E-state index contributed by atoms with van der Waals surface area (Å²) >= 11 is 0. The molecule has 1 aliphatic rings. The molecule has 5 N–H and O–H groups in total. The fraction of sp³-hybridized carbons (Fsp3) is 1.00. The first-order valence-electron chi connectivity index (χ1n) is 5.03. The molecular weight excluding hydrogens is 202 g/mol. The van der Waals surface area contributed by atoms with Crippen LogP contribution in [-0.2, 0) is 0 Å². The van der Waals surface area contributed by atoms with Gasteiger partial charge in [0, 0.05) is 19.5 Å². The van der Waals surface area contributed by atoms with Crippen LogP contribution in [0.4, 0.5) is 0 Å². The Morgan fingerprint density at radius 2 is 1.93 bits per heavy atom. The normalized spacial score (nSPS) is 38.2. The highest BCUT2D eigenvalue weighted by molar-refractivity contribution is 4.96. The van der Waals surface area contributed by atoms with Gasteiger partial charge in [0.1, 0.15) is 5.60 Å². The third kappa shape index (κ3) is 2.87. The number of β-amino-alcohol motifs (C(OH)–C–C–N with tert-alkyl or cyclic N) is 2. The summed E-state index contributed by atoms with van der Waals surface area (Å²) < 4.78 is 0. The standard InChI is InChI=1S/C9H19NO5/c11-2-1-10-5-9(15,6-13)3-8(14)7(10)4-12/h7-8,11-15H,1-6H2/t7?,8?,9-/m1/s1. The van der Waals surface area contributed by atoms with Crippen molar-refractivity contribution in [3.05, 3.63) is 0 Å². The van der Waals surface area contributed by atoms with Gasteiger partial charge in [-0.25, -0.2) is 0 Å². The van der Waals surface area contributed by atoms with Gasteiger partial charge in [-0.3, -0.25) is 4.90 Å². The lowest BCUT2D eigenvalue weighted by atomic mass is 9.87. The summed E-state index contributed by atoms with van der Waals surface area (Å²) in [7, 11) is 0. The number of nitrogens with zero attached hydrogens (tertiary/aromatic N) is 1. The van der Waals surface area contributed by atoms with Crippen LogP contribution >= 0.6 is 0 Å². The van der Waals surface area contributed by atoms with Gasteiger partial charge in [-0.05, 0) is 0 Å². The Labute approximate surface area is 88.4 Å². The van der Waals surface area contributed by atoms with Crippen molar-refractivity contribution in [2.75, 3.05) is 32.9 Å². The molecular formula is C9H19NO5. The van der Waals surface area contributed by atoms with E-state index in [-0.39, 0.29) is 32.7 Å². The molecule has 0 radical (unpaired) electrons. The number of hydrogen-bond acceptors (Lipinski definition) is 6. The number of aliphatic hydroxyl groups excluding tert-OH is 4. The van der Waals surface area contributed by atoms with Crippen LogP contribution in [0.2, 0.25) is 0 Å². The zero-order valence-corrected chi connectivity index (χ0v) is 8.58. The van der Waals surface area contributed by atoms with Crippen LogP contribution in [0.15, 0.2) is 0 Å². The molecule has 0 amide bonds. The Kier molecular flexibility index (Phi) is 4.45. The summed E-state index contributed by atoms with van der Waals surface area (Å²) in [5, 5.41) is 46.4. The number of aliphatic hydroxyl groups is 5. The van der Waals surface area contributed by atoms with Crippen molar-refractivity contribution in [1.82, 2.24) is 4.90 Å². The fourth-order valence-electron chi connectivity index (χ4n) is 2.05. The molecule has 6 heteroatoms. The average Bonchev–Trinajstić information content (AvgIpc) is 2.18. The second kappa shape index (κ2) is 5.20. The molecule has 6 nitrogen and oxygen atoms in total. The van der Waals surface area contributed by atoms with Gasteiger partial charge in [-0.1, -0.05) is 0 Å². The highest BCUT2D eigenvalue weighted by Gasteiger charge is 2.42. The highest BCUT2D eigenvalue weighted by Crippen LogP contribution is 2.25. The first kappa shape index (κ1) is 12.8. The van der Waals surface area contributed by atoms with Gasteiger partial charge >= 0.3 is 0 Å². The van der Waals surface area contributed by atoms with Gasteiger partial charge in [0.25, 0.3) is 0 Å². The quantitative estimate of drug-likeness (QED) is 0.349. The minimum atomic E-state index is -1.35. The summed E-state index contributed by atoms with van der Waals surface area (Å²) in [4.78, 5) is 1.59. The van der Waals surface area contributed by atoms with Gasteiger partial charge in [0.2, 0.25) is 0 Å². The topological polar surface area (TPSA) is 104 Å². The van der Waals surface area contributed by atoms with Crippen molar-refractivity contribution in [2.45, 2.75) is 24.2 Å². The second-order valence-electron chi connectivity index (χ2n) is 4.10. The van der Waals surface area contributed by atoms with Crippen LogP contribution in [-0.4, -0.2) is 81.1 Å². The van der Waals surface area contributed by atoms with E-state index in [1.165, 1.54) is 0 Å². The molecule has 1 heterocycles. The first-order valence-corrected chi connectivity index (χ1v) is 5.03. The number of likely N-dealkylation sites (tertiary alicyclic amines) is 1. The molecule has 0 aromatic carbocycles. The van der Waals surface area contributed by atoms with E-state index >= 15 is 0 Å². The molecule has 0 aromatic rings. The molecule has 0 bridgehead atoms. The van der Waals surface area contributed by atoms with Crippen molar-refractivity contribution in [3.63, 3.8) is 0 Å². The van der Waals surface area contributed by atoms with E-state index in [0.717, 1.165) is 0 Å². The lowest BCUT2D eigenvalue weighted by molar-refractivity contribution is -0.137. The Morgan fingerprint density at radius 3 is 2.40 bits per heavy atom. The van der Waals surface area contributed by atoms with Crippen molar-refractivity contribution in [3.8, 4) is 0 Å². The molecule has 3 atom stereocenters. The smallest absolute Gasteiger partial charge is 0.103 e. The summed E-state index contributed by atoms with van der Waals surface area (Å²) in [5.74, 6) is 0. The van der Waals surface area contributed by atoms with Crippen molar-refractivity contribution < 1.29 is 25.5 Å². The van der Waals surface area contributed by atoms with Crippen LogP contribution in [0.25, 0.3) is 0 Å². The number of hydrogen-bond donors (Lipinski definition) is 5. The van der Waals surface area contributed by atoms with Crippen LogP contribution < -0.4 is 0 Å². The van der Waals surface area contributed by atoms with Crippen molar-refractivity contribution in [1.29, 1.82) is 0 Å². The van der Waals surface area contributed by atoms with Crippen LogP contribution in [0.3, 0.4) is 0 Å². The largest absolute Gasteiger partial charge is 0.395 e. The molecule has 0 aromatic heterocycles. The highest BCUT2D eigenvalue weighted by atomic mass is 16.3. The average molecular weight is 221 g/mol. The molecule has 0 aliphatic carbocycles.